The zero-order valence-corrected chi connectivity index (χ0v) is 15.1. The van der Waals surface area contributed by atoms with Crippen LogP contribution in [0.2, 0.25) is 5.02 Å². The number of benzene rings is 2. The van der Waals surface area contributed by atoms with Crippen LogP contribution in [0.15, 0.2) is 42.5 Å². The topological polar surface area (TPSA) is 105 Å². The van der Waals surface area contributed by atoms with Crippen LogP contribution in [-0.2, 0) is 15.8 Å². The fraction of sp³-hybridized carbons (Fsp3) is 0.176. The number of carbonyl (C=O) groups is 2. The molecule has 12 heteroatoms. The number of nitrogens with one attached hydrogen (secondary N) is 2. The third-order valence-corrected chi connectivity index (χ3v) is 4.46. The van der Waals surface area contributed by atoms with E-state index in [1.807, 2.05) is 0 Å². The van der Waals surface area contributed by atoms with E-state index in [1.54, 1.807) is 0 Å². The summed E-state index contributed by atoms with van der Waals surface area (Å²) in [4.78, 5) is 35.5. The lowest BCUT2D eigenvalue weighted by Crippen LogP contribution is -2.41. The number of nitro benzene ring substituents is 1. The van der Waals surface area contributed by atoms with Crippen LogP contribution in [0.5, 0.6) is 0 Å². The van der Waals surface area contributed by atoms with Crippen LogP contribution >= 0.6 is 11.6 Å². The molecule has 0 aromatic heterocycles. The van der Waals surface area contributed by atoms with Gasteiger partial charge >= 0.3 is 6.18 Å². The smallest absolute Gasteiger partial charge is 0.321 e. The van der Waals surface area contributed by atoms with Gasteiger partial charge in [0.05, 0.1) is 27.6 Å². The number of non-ortho nitro benzene ring substituents is 1. The summed E-state index contributed by atoms with van der Waals surface area (Å²) in [7, 11) is 0. The first-order valence-electron chi connectivity index (χ1n) is 8.07. The zero-order chi connectivity index (χ0) is 21.3. The Balaban J connectivity index is 1.74. The molecule has 3 rings (SSSR count). The predicted molar refractivity (Wildman–Crippen MR) is 97.2 cm³/mol. The molecule has 0 aliphatic carbocycles. The highest BCUT2D eigenvalue weighted by Gasteiger charge is 2.41. The molecule has 29 heavy (non-hydrogen) atoms. The van der Waals surface area contributed by atoms with Crippen LogP contribution in [0.4, 0.5) is 30.2 Å². The van der Waals surface area contributed by atoms with Crippen molar-refractivity contribution in [2.45, 2.75) is 18.6 Å². The van der Waals surface area contributed by atoms with Gasteiger partial charge in [0.1, 0.15) is 6.04 Å². The van der Waals surface area contributed by atoms with Gasteiger partial charge in [-0.1, -0.05) is 11.6 Å². The van der Waals surface area contributed by atoms with Crippen molar-refractivity contribution in [3.8, 4) is 0 Å². The Bertz CT molecular complexity index is 982. The highest BCUT2D eigenvalue weighted by atomic mass is 35.5. The third-order valence-electron chi connectivity index (χ3n) is 4.13. The second-order valence-electron chi connectivity index (χ2n) is 6.06. The van der Waals surface area contributed by atoms with Crippen molar-refractivity contribution < 1.29 is 27.7 Å². The number of hydrazine groups is 1. The van der Waals surface area contributed by atoms with Gasteiger partial charge in [0.15, 0.2) is 0 Å². The number of nitrogens with zero attached hydrogens (tertiary/aromatic N) is 2. The summed E-state index contributed by atoms with van der Waals surface area (Å²) in [5.41, 5.74) is 4.12. The Morgan fingerprint density at radius 2 is 1.79 bits per heavy atom. The lowest BCUT2D eigenvalue weighted by Gasteiger charge is -2.18. The Kier molecular flexibility index (Phi) is 5.44. The first-order chi connectivity index (χ1) is 13.6. The maximum atomic E-state index is 13.0. The van der Waals surface area contributed by atoms with E-state index >= 15 is 0 Å². The van der Waals surface area contributed by atoms with Crippen LogP contribution in [-0.4, -0.2) is 22.8 Å². The molecule has 1 heterocycles. The number of amides is 2. The van der Waals surface area contributed by atoms with E-state index in [0.717, 1.165) is 12.1 Å². The number of rotatable bonds is 5. The van der Waals surface area contributed by atoms with E-state index in [4.69, 9.17) is 11.6 Å². The fourth-order valence-corrected chi connectivity index (χ4v) is 2.95. The maximum absolute atomic E-state index is 13.0. The van der Waals surface area contributed by atoms with Crippen molar-refractivity contribution in [3.05, 3.63) is 63.2 Å². The standard InChI is InChI=1S/C17H12ClF3N4O4/c18-13-6-5-11(7-12(13)17(19,20)21)24-15(26)8-14(16(24)27)23-22-9-1-3-10(4-2-9)25(28)29/h1-7,14,22-23H,8H2/t14-/m1/s1. The number of carbonyl (C=O) groups excluding carboxylic acids is 2. The Morgan fingerprint density at radius 3 is 2.38 bits per heavy atom. The molecule has 152 valence electrons. The minimum Gasteiger partial charge on any atom is -0.321 e. The molecule has 1 saturated heterocycles. The number of halogens is 4. The molecule has 0 radical (unpaired) electrons. The Morgan fingerprint density at radius 1 is 1.14 bits per heavy atom. The van der Waals surface area contributed by atoms with Gasteiger partial charge in [-0.05, 0) is 30.3 Å². The fourth-order valence-electron chi connectivity index (χ4n) is 2.72. The van der Waals surface area contributed by atoms with Gasteiger partial charge < -0.3 is 5.43 Å². The highest BCUT2D eigenvalue weighted by molar-refractivity contribution is 6.31. The molecule has 2 amide bonds. The number of hydrogen-bond acceptors (Lipinski definition) is 6. The summed E-state index contributed by atoms with van der Waals surface area (Å²) in [6, 6.07) is 6.98. The molecular weight excluding hydrogens is 417 g/mol. The largest absolute Gasteiger partial charge is 0.417 e. The molecule has 0 bridgehead atoms. The molecule has 2 N–H and O–H groups in total. The molecule has 1 aliphatic heterocycles. The summed E-state index contributed by atoms with van der Waals surface area (Å²) in [5, 5.41) is 10.1. The van der Waals surface area contributed by atoms with Gasteiger partial charge in [0.25, 0.3) is 11.6 Å². The van der Waals surface area contributed by atoms with Crippen molar-refractivity contribution in [2.24, 2.45) is 0 Å². The van der Waals surface area contributed by atoms with Gasteiger partial charge in [-0.15, -0.1) is 0 Å². The summed E-state index contributed by atoms with van der Waals surface area (Å²) in [6.07, 6.45) is -5.03. The van der Waals surface area contributed by atoms with Crippen LogP contribution in [0.1, 0.15) is 12.0 Å². The van der Waals surface area contributed by atoms with E-state index in [9.17, 15) is 32.9 Å². The molecule has 1 atom stereocenters. The number of imide groups is 1. The van der Waals surface area contributed by atoms with Crippen LogP contribution in [0, 0.1) is 10.1 Å². The Hall–Kier alpha value is -3.18. The van der Waals surface area contributed by atoms with Crippen molar-refractivity contribution in [2.75, 3.05) is 10.3 Å². The van der Waals surface area contributed by atoms with Gasteiger partial charge in [-0.3, -0.25) is 19.7 Å². The van der Waals surface area contributed by atoms with E-state index in [-0.39, 0.29) is 17.8 Å². The monoisotopic (exact) mass is 428 g/mol. The van der Waals surface area contributed by atoms with E-state index < -0.39 is 39.5 Å². The van der Waals surface area contributed by atoms with Gasteiger partial charge in [-0.25, -0.2) is 10.3 Å². The van der Waals surface area contributed by atoms with Crippen molar-refractivity contribution in [3.63, 3.8) is 0 Å². The second-order valence-corrected chi connectivity index (χ2v) is 6.47. The van der Waals surface area contributed by atoms with E-state index in [0.29, 0.717) is 16.7 Å². The minimum atomic E-state index is -4.74. The van der Waals surface area contributed by atoms with Crippen LogP contribution in [0.3, 0.4) is 0 Å². The minimum absolute atomic E-state index is 0.128. The predicted octanol–water partition coefficient (Wildman–Crippen LogP) is 3.52. The first-order valence-corrected chi connectivity index (χ1v) is 8.45. The third kappa shape index (κ3) is 4.30. The maximum Gasteiger partial charge on any atom is 0.417 e. The van der Waals surface area contributed by atoms with E-state index in [1.165, 1.54) is 24.3 Å². The summed E-state index contributed by atoms with van der Waals surface area (Å²) in [5.74, 6) is -1.44. The second kappa shape index (κ2) is 7.68. The molecule has 1 fully saturated rings. The number of anilines is 2. The van der Waals surface area contributed by atoms with Gasteiger partial charge in [0, 0.05) is 17.8 Å². The molecule has 2 aromatic rings. The van der Waals surface area contributed by atoms with Gasteiger partial charge in [0.2, 0.25) is 5.91 Å². The van der Waals surface area contributed by atoms with Gasteiger partial charge in [-0.2, -0.15) is 13.2 Å². The van der Waals surface area contributed by atoms with E-state index in [2.05, 4.69) is 10.9 Å². The number of alkyl halides is 3. The highest BCUT2D eigenvalue weighted by Crippen LogP contribution is 2.37. The summed E-state index contributed by atoms with van der Waals surface area (Å²) >= 11 is 5.56. The molecular formula is C17H12ClF3N4O4. The molecule has 2 aromatic carbocycles. The average Bonchev–Trinajstić information content (AvgIpc) is 2.93. The summed E-state index contributed by atoms with van der Waals surface area (Å²) in [6.45, 7) is 0. The quantitative estimate of drug-likeness (QED) is 0.429. The lowest BCUT2D eigenvalue weighted by molar-refractivity contribution is -0.384. The normalized spacial score (nSPS) is 17.0. The van der Waals surface area contributed by atoms with Crippen molar-refractivity contribution in [1.82, 2.24) is 5.43 Å². The number of nitro groups is 1. The molecule has 0 saturated carbocycles. The van der Waals surface area contributed by atoms with Crippen LogP contribution in [0.25, 0.3) is 0 Å². The molecule has 1 aliphatic rings. The first kappa shape index (κ1) is 20.6. The molecule has 0 unspecified atom stereocenters. The zero-order valence-electron chi connectivity index (χ0n) is 14.4. The Labute approximate surface area is 166 Å². The van der Waals surface area contributed by atoms with Crippen molar-refractivity contribution in [1.29, 1.82) is 0 Å². The van der Waals surface area contributed by atoms with Crippen molar-refractivity contribution >= 4 is 40.5 Å². The number of hydrogen-bond donors (Lipinski definition) is 2. The molecule has 0 spiro atoms. The lowest BCUT2D eigenvalue weighted by atomic mass is 10.2. The molecule has 8 nitrogen and oxygen atoms in total. The SMILES string of the molecule is O=C1C[C@@H](NNc2ccc([N+](=O)[O-])cc2)C(=O)N1c1ccc(Cl)c(C(F)(F)F)c1. The average molecular weight is 429 g/mol. The summed E-state index contributed by atoms with van der Waals surface area (Å²) < 4.78 is 39.1. The van der Waals surface area contributed by atoms with Crippen LogP contribution < -0.4 is 15.8 Å².